The summed E-state index contributed by atoms with van der Waals surface area (Å²) in [4.78, 5) is 2.28. The third kappa shape index (κ3) is 3.58. The molecule has 0 radical (unpaired) electrons. The Labute approximate surface area is 123 Å². The van der Waals surface area contributed by atoms with Crippen LogP contribution in [0.25, 0.3) is 0 Å². The molecule has 2 aromatic rings. The smallest absolute Gasteiger partial charge is 0.0437 e. The van der Waals surface area contributed by atoms with Gasteiger partial charge in [0.05, 0.1) is 0 Å². The Bertz CT molecular complexity index is 540. The standard InChI is InChI=1S/C16H19BrN2/c1-18-11-13-7-4-6-10-16(13)19(2)12-14-8-3-5-9-15(14)17/h3-10,18H,11-12H2,1-2H3. The molecule has 0 amide bonds. The van der Waals surface area contributed by atoms with Crippen molar-refractivity contribution in [2.45, 2.75) is 13.1 Å². The maximum atomic E-state index is 3.61. The van der Waals surface area contributed by atoms with Crippen molar-refractivity contribution in [1.82, 2.24) is 5.32 Å². The van der Waals surface area contributed by atoms with Crippen LogP contribution in [0.15, 0.2) is 53.0 Å². The van der Waals surface area contributed by atoms with Crippen molar-refractivity contribution in [3.05, 3.63) is 64.1 Å². The third-order valence-electron chi connectivity index (χ3n) is 3.14. The maximum absolute atomic E-state index is 3.61. The summed E-state index contributed by atoms with van der Waals surface area (Å²) >= 11 is 3.61. The Morgan fingerprint density at radius 3 is 2.32 bits per heavy atom. The number of anilines is 1. The van der Waals surface area contributed by atoms with E-state index in [1.165, 1.54) is 16.8 Å². The van der Waals surface area contributed by atoms with Gasteiger partial charge in [0.25, 0.3) is 0 Å². The van der Waals surface area contributed by atoms with E-state index in [0.717, 1.165) is 17.6 Å². The summed E-state index contributed by atoms with van der Waals surface area (Å²) in [6.45, 7) is 1.78. The molecule has 0 atom stereocenters. The van der Waals surface area contributed by atoms with E-state index in [0.29, 0.717) is 0 Å². The number of rotatable bonds is 5. The summed E-state index contributed by atoms with van der Waals surface area (Å²) in [6, 6.07) is 16.9. The Kier molecular flexibility index (Phi) is 5.00. The first-order chi connectivity index (χ1) is 9.22. The monoisotopic (exact) mass is 318 g/mol. The van der Waals surface area contributed by atoms with Crippen molar-refractivity contribution >= 4 is 21.6 Å². The first kappa shape index (κ1) is 14.1. The van der Waals surface area contributed by atoms with Crippen LogP contribution in [0.5, 0.6) is 0 Å². The van der Waals surface area contributed by atoms with Crippen LogP contribution in [0.3, 0.4) is 0 Å². The molecule has 19 heavy (non-hydrogen) atoms. The van der Waals surface area contributed by atoms with Crippen LogP contribution in [-0.4, -0.2) is 14.1 Å². The molecular weight excluding hydrogens is 300 g/mol. The first-order valence-electron chi connectivity index (χ1n) is 6.39. The lowest BCUT2D eigenvalue weighted by Gasteiger charge is -2.23. The highest BCUT2D eigenvalue weighted by atomic mass is 79.9. The van der Waals surface area contributed by atoms with Gasteiger partial charge in [0, 0.05) is 30.3 Å². The van der Waals surface area contributed by atoms with Gasteiger partial charge in [0.15, 0.2) is 0 Å². The topological polar surface area (TPSA) is 15.3 Å². The Morgan fingerprint density at radius 1 is 1.00 bits per heavy atom. The molecule has 0 aliphatic rings. The lowest BCUT2D eigenvalue weighted by molar-refractivity contribution is 0.805. The van der Waals surface area contributed by atoms with Crippen molar-refractivity contribution < 1.29 is 0 Å². The second-order valence-corrected chi connectivity index (χ2v) is 5.46. The van der Waals surface area contributed by atoms with Crippen molar-refractivity contribution in [1.29, 1.82) is 0 Å². The second-order valence-electron chi connectivity index (χ2n) is 4.61. The molecular formula is C16H19BrN2. The average Bonchev–Trinajstić information content (AvgIpc) is 2.42. The van der Waals surface area contributed by atoms with E-state index in [9.17, 15) is 0 Å². The van der Waals surface area contributed by atoms with Gasteiger partial charge in [-0.2, -0.15) is 0 Å². The number of nitrogens with zero attached hydrogens (tertiary/aromatic N) is 1. The highest BCUT2D eigenvalue weighted by molar-refractivity contribution is 9.10. The fraction of sp³-hybridized carbons (Fsp3) is 0.250. The van der Waals surface area contributed by atoms with Gasteiger partial charge in [-0.05, 0) is 30.3 Å². The SMILES string of the molecule is CNCc1ccccc1N(C)Cc1ccccc1Br. The molecule has 0 saturated heterocycles. The van der Waals surface area contributed by atoms with Gasteiger partial charge in [-0.1, -0.05) is 52.3 Å². The zero-order valence-electron chi connectivity index (χ0n) is 11.4. The zero-order chi connectivity index (χ0) is 13.7. The van der Waals surface area contributed by atoms with Crippen LogP contribution in [0.4, 0.5) is 5.69 Å². The van der Waals surface area contributed by atoms with Gasteiger partial charge in [0.1, 0.15) is 0 Å². The third-order valence-corrected chi connectivity index (χ3v) is 3.91. The van der Waals surface area contributed by atoms with Gasteiger partial charge < -0.3 is 10.2 Å². The summed E-state index contributed by atoms with van der Waals surface area (Å²) in [5.41, 5.74) is 3.89. The zero-order valence-corrected chi connectivity index (χ0v) is 12.9. The molecule has 0 aliphatic carbocycles. The van der Waals surface area contributed by atoms with E-state index < -0.39 is 0 Å². The minimum absolute atomic E-state index is 0.885. The fourth-order valence-corrected chi connectivity index (χ4v) is 2.60. The lowest BCUT2D eigenvalue weighted by atomic mass is 10.1. The van der Waals surface area contributed by atoms with Crippen LogP contribution in [0.2, 0.25) is 0 Å². The molecule has 0 fully saturated rings. The number of nitrogens with one attached hydrogen (secondary N) is 1. The molecule has 2 nitrogen and oxygen atoms in total. The van der Waals surface area contributed by atoms with Gasteiger partial charge in [0.2, 0.25) is 0 Å². The fourth-order valence-electron chi connectivity index (χ4n) is 2.19. The quantitative estimate of drug-likeness (QED) is 0.902. The van der Waals surface area contributed by atoms with Gasteiger partial charge in [-0.3, -0.25) is 0 Å². The Hall–Kier alpha value is -1.32. The molecule has 0 bridgehead atoms. The summed E-state index contributed by atoms with van der Waals surface area (Å²) in [7, 11) is 4.11. The minimum atomic E-state index is 0.885. The van der Waals surface area contributed by atoms with Crippen molar-refractivity contribution in [2.24, 2.45) is 0 Å². The molecule has 0 unspecified atom stereocenters. The van der Waals surface area contributed by atoms with Gasteiger partial charge in [-0.25, -0.2) is 0 Å². The van der Waals surface area contributed by atoms with E-state index in [2.05, 4.69) is 75.7 Å². The van der Waals surface area contributed by atoms with E-state index >= 15 is 0 Å². The molecule has 100 valence electrons. The van der Waals surface area contributed by atoms with E-state index in [4.69, 9.17) is 0 Å². The van der Waals surface area contributed by atoms with Crippen LogP contribution in [0.1, 0.15) is 11.1 Å². The average molecular weight is 319 g/mol. The normalized spacial score (nSPS) is 10.5. The summed E-state index contributed by atoms with van der Waals surface area (Å²) in [6.07, 6.45) is 0. The lowest BCUT2D eigenvalue weighted by Crippen LogP contribution is -2.19. The molecule has 0 saturated carbocycles. The van der Waals surface area contributed by atoms with E-state index in [1.807, 2.05) is 13.1 Å². The number of hydrogen-bond acceptors (Lipinski definition) is 2. The first-order valence-corrected chi connectivity index (χ1v) is 7.18. The van der Waals surface area contributed by atoms with Crippen molar-refractivity contribution in [2.75, 3.05) is 19.0 Å². The highest BCUT2D eigenvalue weighted by Crippen LogP contribution is 2.23. The maximum Gasteiger partial charge on any atom is 0.0437 e. The molecule has 2 aromatic carbocycles. The summed E-state index contributed by atoms with van der Waals surface area (Å²) < 4.78 is 1.16. The van der Waals surface area contributed by atoms with Gasteiger partial charge >= 0.3 is 0 Å². The molecule has 2 rings (SSSR count). The molecule has 0 spiro atoms. The molecule has 0 aromatic heterocycles. The highest BCUT2D eigenvalue weighted by Gasteiger charge is 2.08. The van der Waals surface area contributed by atoms with Crippen LogP contribution < -0.4 is 10.2 Å². The van der Waals surface area contributed by atoms with E-state index in [-0.39, 0.29) is 0 Å². The molecule has 3 heteroatoms. The molecule has 0 heterocycles. The number of para-hydroxylation sites is 1. The van der Waals surface area contributed by atoms with Crippen LogP contribution >= 0.6 is 15.9 Å². The summed E-state index contributed by atoms with van der Waals surface area (Å²) in [5.74, 6) is 0. The van der Waals surface area contributed by atoms with Crippen molar-refractivity contribution in [3.8, 4) is 0 Å². The number of halogens is 1. The predicted molar refractivity (Wildman–Crippen MR) is 85.5 cm³/mol. The van der Waals surface area contributed by atoms with Gasteiger partial charge in [-0.15, -0.1) is 0 Å². The Balaban J connectivity index is 2.20. The van der Waals surface area contributed by atoms with Crippen LogP contribution in [0, 0.1) is 0 Å². The number of hydrogen-bond donors (Lipinski definition) is 1. The molecule has 1 N–H and O–H groups in total. The van der Waals surface area contributed by atoms with Crippen molar-refractivity contribution in [3.63, 3.8) is 0 Å². The Morgan fingerprint density at radius 2 is 1.63 bits per heavy atom. The number of benzene rings is 2. The molecule has 0 aliphatic heterocycles. The predicted octanol–water partition coefficient (Wildman–Crippen LogP) is 3.80. The van der Waals surface area contributed by atoms with E-state index in [1.54, 1.807) is 0 Å². The summed E-state index contributed by atoms with van der Waals surface area (Å²) in [5, 5.41) is 3.22. The second kappa shape index (κ2) is 6.73. The van der Waals surface area contributed by atoms with Crippen LogP contribution in [-0.2, 0) is 13.1 Å². The largest absolute Gasteiger partial charge is 0.370 e. The minimum Gasteiger partial charge on any atom is -0.370 e.